The molecule has 3 heterocycles. The number of hydrogen-bond acceptors (Lipinski definition) is 2. The first-order valence-corrected chi connectivity index (χ1v) is 9.51. The van der Waals surface area contributed by atoms with Gasteiger partial charge in [-0.3, -0.25) is 4.79 Å². The minimum Gasteiger partial charge on any atom is -0.346 e. The Morgan fingerprint density at radius 2 is 2.00 bits per heavy atom. The second-order valence-electron chi connectivity index (χ2n) is 6.72. The molecule has 0 atom stereocenters. The fraction of sp³-hybridized carbons (Fsp3) is 0.300. The molecular formula is C20H19Cl2N3O. The molecule has 4 rings (SSSR count). The summed E-state index contributed by atoms with van der Waals surface area (Å²) in [5.74, 6) is 0.601. The van der Waals surface area contributed by atoms with Gasteiger partial charge in [-0.15, -0.1) is 0 Å². The number of H-pyrrole nitrogens is 1. The summed E-state index contributed by atoms with van der Waals surface area (Å²) in [5.41, 5.74) is 3.14. The van der Waals surface area contributed by atoms with Crippen molar-refractivity contribution < 1.29 is 4.79 Å². The number of likely N-dealkylation sites (tertiary alicyclic amines) is 1. The van der Waals surface area contributed by atoms with E-state index in [0.717, 1.165) is 37.1 Å². The van der Waals surface area contributed by atoms with Crippen molar-refractivity contribution in [2.75, 3.05) is 13.1 Å². The number of hydrogen-bond donors (Lipinski definition) is 1. The van der Waals surface area contributed by atoms with Crippen LogP contribution < -0.4 is 0 Å². The van der Waals surface area contributed by atoms with Gasteiger partial charge >= 0.3 is 0 Å². The maximum atomic E-state index is 12.6. The number of nitrogens with one attached hydrogen (secondary N) is 1. The van der Waals surface area contributed by atoms with Crippen molar-refractivity contribution >= 4 is 40.1 Å². The van der Waals surface area contributed by atoms with Gasteiger partial charge in [0.1, 0.15) is 5.65 Å². The van der Waals surface area contributed by atoms with Crippen LogP contribution in [0.1, 0.15) is 29.9 Å². The Morgan fingerprint density at radius 3 is 2.77 bits per heavy atom. The predicted molar refractivity (Wildman–Crippen MR) is 105 cm³/mol. The summed E-state index contributed by atoms with van der Waals surface area (Å²) >= 11 is 12.0. The Balaban J connectivity index is 1.40. The SMILES string of the molecule is O=C(Cc1ccc(Cl)c(Cl)c1)N1CCC(c2c[nH]c3ncccc23)CC1. The Labute approximate surface area is 162 Å². The van der Waals surface area contributed by atoms with Crippen LogP contribution in [-0.4, -0.2) is 33.9 Å². The van der Waals surface area contributed by atoms with E-state index in [1.165, 1.54) is 10.9 Å². The molecule has 3 aromatic rings. The second kappa shape index (κ2) is 7.29. The van der Waals surface area contributed by atoms with E-state index in [2.05, 4.69) is 22.2 Å². The molecular weight excluding hydrogens is 369 g/mol. The van der Waals surface area contributed by atoms with Crippen LogP contribution in [0, 0.1) is 0 Å². The number of halogens is 2. The number of amides is 1. The summed E-state index contributed by atoms with van der Waals surface area (Å²) in [4.78, 5) is 22.2. The van der Waals surface area contributed by atoms with Crippen molar-refractivity contribution in [2.24, 2.45) is 0 Å². The molecule has 0 aliphatic carbocycles. The van der Waals surface area contributed by atoms with E-state index in [0.29, 0.717) is 22.4 Å². The van der Waals surface area contributed by atoms with Gasteiger partial charge in [-0.2, -0.15) is 0 Å². The lowest BCUT2D eigenvalue weighted by atomic mass is 9.89. The Hall–Kier alpha value is -2.04. The molecule has 4 nitrogen and oxygen atoms in total. The molecule has 1 saturated heterocycles. The summed E-state index contributed by atoms with van der Waals surface area (Å²) in [6.45, 7) is 1.55. The van der Waals surface area contributed by atoms with E-state index in [1.807, 2.05) is 17.0 Å². The van der Waals surface area contributed by atoms with Crippen LogP contribution in [0.2, 0.25) is 10.0 Å². The number of piperidine rings is 1. The average molecular weight is 388 g/mol. The van der Waals surface area contributed by atoms with Crippen molar-refractivity contribution in [1.29, 1.82) is 0 Å². The molecule has 134 valence electrons. The highest BCUT2D eigenvalue weighted by atomic mass is 35.5. The Bertz CT molecular complexity index is 945. The van der Waals surface area contributed by atoms with Crippen LogP contribution in [0.15, 0.2) is 42.7 Å². The van der Waals surface area contributed by atoms with Gasteiger partial charge in [0.2, 0.25) is 5.91 Å². The first kappa shape index (κ1) is 17.4. The Morgan fingerprint density at radius 1 is 1.19 bits per heavy atom. The van der Waals surface area contributed by atoms with Gasteiger partial charge in [0.05, 0.1) is 16.5 Å². The molecule has 26 heavy (non-hydrogen) atoms. The van der Waals surface area contributed by atoms with Crippen LogP contribution in [-0.2, 0) is 11.2 Å². The lowest BCUT2D eigenvalue weighted by Gasteiger charge is -2.32. The maximum Gasteiger partial charge on any atom is 0.226 e. The van der Waals surface area contributed by atoms with Crippen molar-refractivity contribution in [3.8, 4) is 0 Å². The average Bonchev–Trinajstić information content (AvgIpc) is 3.09. The van der Waals surface area contributed by atoms with Crippen molar-refractivity contribution in [3.63, 3.8) is 0 Å². The third kappa shape index (κ3) is 3.44. The topological polar surface area (TPSA) is 49.0 Å². The zero-order valence-electron chi connectivity index (χ0n) is 14.2. The summed E-state index contributed by atoms with van der Waals surface area (Å²) in [7, 11) is 0. The number of fused-ring (bicyclic) bond motifs is 1. The lowest BCUT2D eigenvalue weighted by Crippen LogP contribution is -2.38. The van der Waals surface area contributed by atoms with E-state index >= 15 is 0 Å². The number of aromatic amines is 1. The summed E-state index contributed by atoms with van der Waals surface area (Å²) in [6.07, 6.45) is 6.16. The zero-order chi connectivity index (χ0) is 18.1. The van der Waals surface area contributed by atoms with Crippen molar-refractivity contribution in [3.05, 3.63) is 63.9 Å². The van der Waals surface area contributed by atoms with Gasteiger partial charge in [0, 0.05) is 30.9 Å². The van der Waals surface area contributed by atoms with E-state index < -0.39 is 0 Å². The van der Waals surface area contributed by atoms with Crippen molar-refractivity contribution in [2.45, 2.75) is 25.2 Å². The molecule has 1 fully saturated rings. The molecule has 1 aliphatic rings. The first-order chi connectivity index (χ1) is 12.6. The predicted octanol–water partition coefficient (Wildman–Crippen LogP) is 4.82. The highest BCUT2D eigenvalue weighted by molar-refractivity contribution is 6.42. The largest absolute Gasteiger partial charge is 0.346 e. The molecule has 6 heteroatoms. The molecule has 1 aromatic carbocycles. The van der Waals surface area contributed by atoms with Crippen LogP contribution in [0.4, 0.5) is 0 Å². The van der Waals surface area contributed by atoms with Crippen molar-refractivity contribution in [1.82, 2.24) is 14.9 Å². The smallest absolute Gasteiger partial charge is 0.226 e. The number of pyridine rings is 1. The lowest BCUT2D eigenvalue weighted by molar-refractivity contribution is -0.131. The van der Waals surface area contributed by atoms with Gasteiger partial charge in [-0.1, -0.05) is 29.3 Å². The minimum atomic E-state index is 0.141. The van der Waals surface area contributed by atoms with Gasteiger partial charge in [-0.05, 0) is 54.2 Å². The van der Waals surface area contributed by atoms with Crippen LogP contribution in [0.3, 0.4) is 0 Å². The molecule has 1 amide bonds. The highest BCUT2D eigenvalue weighted by Crippen LogP contribution is 2.32. The Kier molecular flexibility index (Phi) is 4.88. The van der Waals surface area contributed by atoms with Gasteiger partial charge in [-0.25, -0.2) is 4.98 Å². The molecule has 0 spiro atoms. The van der Waals surface area contributed by atoms with Crippen LogP contribution in [0.5, 0.6) is 0 Å². The first-order valence-electron chi connectivity index (χ1n) is 8.75. The van der Waals surface area contributed by atoms with E-state index in [-0.39, 0.29) is 5.91 Å². The number of aromatic nitrogens is 2. The summed E-state index contributed by atoms with van der Waals surface area (Å²) < 4.78 is 0. The van der Waals surface area contributed by atoms with E-state index in [1.54, 1.807) is 18.3 Å². The van der Waals surface area contributed by atoms with E-state index in [9.17, 15) is 4.79 Å². The summed E-state index contributed by atoms with van der Waals surface area (Å²) in [5, 5.41) is 2.19. The number of rotatable bonds is 3. The maximum absolute atomic E-state index is 12.6. The normalized spacial score (nSPS) is 15.5. The minimum absolute atomic E-state index is 0.141. The number of carbonyl (C=O) groups excluding carboxylic acids is 1. The third-order valence-corrected chi connectivity index (χ3v) is 5.85. The molecule has 0 bridgehead atoms. The molecule has 0 saturated carbocycles. The number of nitrogens with zero attached hydrogens (tertiary/aromatic N) is 2. The fourth-order valence-corrected chi connectivity index (χ4v) is 4.01. The highest BCUT2D eigenvalue weighted by Gasteiger charge is 2.25. The van der Waals surface area contributed by atoms with Gasteiger partial charge < -0.3 is 9.88 Å². The van der Waals surface area contributed by atoms with Gasteiger partial charge in [0.15, 0.2) is 0 Å². The van der Waals surface area contributed by atoms with Crippen LogP contribution in [0.25, 0.3) is 11.0 Å². The van der Waals surface area contributed by atoms with Gasteiger partial charge in [0.25, 0.3) is 0 Å². The molecule has 0 unspecified atom stereocenters. The molecule has 2 aromatic heterocycles. The number of benzene rings is 1. The molecule has 0 radical (unpaired) electrons. The number of carbonyl (C=O) groups is 1. The molecule has 1 N–H and O–H groups in total. The zero-order valence-corrected chi connectivity index (χ0v) is 15.7. The fourth-order valence-electron chi connectivity index (χ4n) is 3.69. The van der Waals surface area contributed by atoms with Crippen LogP contribution >= 0.6 is 23.2 Å². The quantitative estimate of drug-likeness (QED) is 0.700. The third-order valence-electron chi connectivity index (χ3n) is 5.11. The molecule has 1 aliphatic heterocycles. The summed E-state index contributed by atoms with van der Waals surface area (Å²) in [6, 6.07) is 9.45. The monoisotopic (exact) mass is 387 g/mol. The van der Waals surface area contributed by atoms with E-state index in [4.69, 9.17) is 23.2 Å². The standard InChI is InChI=1S/C20H19Cl2N3O/c21-17-4-3-13(10-18(17)22)11-19(26)25-8-5-14(6-9-25)16-12-24-20-15(16)2-1-7-23-20/h1-4,7,10,12,14H,5-6,8-9,11H2,(H,23,24). The second-order valence-corrected chi connectivity index (χ2v) is 7.54.